The number of benzene rings is 2. The van der Waals surface area contributed by atoms with E-state index in [0.29, 0.717) is 13.1 Å². The second-order valence-corrected chi connectivity index (χ2v) is 6.11. The van der Waals surface area contributed by atoms with E-state index in [-0.39, 0.29) is 16.9 Å². The quantitative estimate of drug-likeness (QED) is 0.717. The number of nitrogens with zero attached hydrogens (tertiary/aromatic N) is 2. The van der Waals surface area contributed by atoms with Gasteiger partial charge in [0.05, 0.1) is 10.9 Å². The van der Waals surface area contributed by atoms with Crippen molar-refractivity contribution in [3.8, 4) is 5.69 Å². The van der Waals surface area contributed by atoms with E-state index < -0.39 is 39.8 Å². The van der Waals surface area contributed by atoms with Gasteiger partial charge in [-0.2, -0.15) is 0 Å². The molecule has 1 aromatic heterocycles. The van der Waals surface area contributed by atoms with Crippen molar-refractivity contribution in [2.24, 2.45) is 0 Å². The SMILES string of the molecule is CCN(CC)c1c(F)cc2c(=O)c(C(=O)O)cn(-c3ccc(F)cc3)c2c1F. The Morgan fingerprint density at radius 2 is 1.71 bits per heavy atom. The first-order valence-corrected chi connectivity index (χ1v) is 8.61. The Balaban J connectivity index is 2.50. The van der Waals surface area contributed by atoms with Gasteiger partial charge in [-0.1, -0.05) is 0 Å². The fourth-order valence-corrected chi connectivity index (χ4v) is 3.19. The van der Waals surface area contributed by atoms with Gasteiger partial charge in [-0.05, 0) is 44.2 Å². The molecule has 0 fully saturated rings. The Morgan fingerprint density at radius 1 is 1.11 bits per heavy atom. The zero-order valence-corrected chi connectivity index (χ0v) is 15.2. The molecule has 3 rings (SSSR count). The first-order chi connectivity index (χ1) is 13.3. The van der Waals surface area contributed by atoms with E-state index in [1.54, 1.807) is 13.8 Å². The maximum atomic E-state index is 15.4. The molecule has 0 radical (unpaired) electrons. The number of carboxylic acids is 1. The molecule has 0 bridgehead atoms. The topological polar surface area (TPSA) is 62.5 Å². The second-order valence-electron chi connectivity index (χ2n) is 6.11. The van der Waals surface area contributed by atoms with Crippen LogP contribution in [0.25, 0.3) is 16.6 Å². The lowest BCUT2D eigenvalue weighted by Gasteiger charge is -2.24. The molecule has 1 heterocycles. The minimum atomic E-state index is -1.53. The molecule has 28 heavy (non-hydrogen) atoms. The van der Waals surface area contributed by atoms with E-state index in [1.807, 2.05) is 0 Å². The highest BCUT2D eigenvalue weighted by Gasteiger charge is 2.24. The van der Waals surface area contributed by atoms with Crippen LogP contribution in [-0.2, 0) is 0 Å². The summed E-state index contributed by atoms with van der Waals surface area (Å²) in [7, 11) is 0. The highest BCUT2D eigenvalue weighted by atomic mass is 19.1. The largest absolute Gasteiger partial charge is 0.477 e. The van der Waals surface area contributed by atoms with Crippen LogP contribution in [0.15, 0.2) is 41.3 Å². The number of hydrogen-bond acceptors (Lipinski definition) is 3. The van der Waals surface area contributed by atoms with E-state index in [2.05, 4.69) is 0 Å². The molecule has 0 atom stereocenters. The van der Waals surface area contributed by atoms with Crippen molar-refractivity contribution in [3.05, 3.63) is 69.8 Å². The summed E-state index contributed by atoms with van der Waals surface area (Å²) in [5, 5.41) is 8.92. The molecule has 2 aromatic carbocycles. The minimum Gasteiger partial charge on any atom is -0.477 e. The van der Waals surface area contributed by atoms with Gasteiger partial charge in [0.2, 0.25) is 5.43 Å². The summed E-state index contributed by atoms with van der Waals surface area (Å²) in [5.74, 6) is -4.02. The molecule has 0 unspecified atom stereocenters. The number of halogens is 3. The lowest BCUT2D eigenvalue weighted by molar-refractivity contribution is 0.0695. The van der Waals surface area contributed by atoms with Crippen LogP contribution in [0.4, 0.5) is 18.9 Å². The first kappa shape index (κ1) is 19.5. The predicted molar refractivity (Wildman–Crippen MR) is 99.9 cm³/mol. The minimum absolute atomic E-state index is 0.227. The summed E-state index contributed by atoms with van der Waals surface area (Å²) in [6.45, 7) is 4.11. The Labute approximate surface area is 158 Å². The number of carbonyl (C=O) groups is 1. The van der Waals surface area contributed by atoms with Gasteiger partial charge < -0.3 is 14.6 Å². The third-order valence-electron chi connectivity index (χ3n) is 4.57. The Morgan fingerprint density at radius 3 is 2.25 bits per heavy atom. The Bertz CT molecular complexity index is 1120. The molecule has 0 aliphatic carbocycles. The van der Waals surface area contributed by atoms with Gasteiger partial charge in [0.1, 0.15) is 22.9 Å². The summed E-state index contributed by atoms with van der Waals surface area (Å²) >= 11 is 0. The van der Waals surface area contributed by atoms with Crippen molar-refractivity contribution in [2.45, 2.75) is 13.8 Å². The molecule has 0 spiro atoms. The third-order valence-corrected chi connectivity index (χ3v) is 4.57. The molecule has 1 N–H and O–H groups in total. The van der Waals surface area contributed by atoms with E-state index >= 15 is 4.39 Å². The lowest BCUT2D eigenvalue weighted by atomic mass is 10.1. The number of carboxylic acid groups (broad SMARTS) is 1. The van der Waals surface area contributed by atoms with Crippen molar-refractivity contribution in [2.75, 3.05) is 18.0 Å². The maximum absolute atomic E-state index is 15.4. The number of aromatic carboxylic acids is 1. The normalized spacial score (nSPS) is 11.0. The number of pyridine rings is 1. The lowest BCUT2D eigenvalue weighted by Crippen LogP contribution is -2.26. The van der Waals surface area contributed by atoms with Crippen LogP contribution < -0.4 is 10.3 Å². The van der Waals surface area contributed by atoms with E-state index in [0.717, 1.165) is 29.0 Å². The first-order valence-electron chi connectivity index (χ1n) is 8.61. The number of aromatic nitrogens is 1. The van der Waals surface area contributed by atoms with Gasteiger partial charge >= 0.3 is 5.97 Å². The van der Waals surface area contributed by atoms with Crippen molar-refractivity contribution < 1.29 is 23.1 Å². The third kappa shape index (κ3) is 3.11. The van der Waals surface area contributed by atoms with Crippen molar-refractivity contribution in [1.29, 1.82) is 0 Å². The van der Waals surface area contributed by atoms with Gasteiger partial charge in [0.15, 0.2) is 5.82 Å². The van der Waals surface area contributed by atoms with Crippen LogP contribution in [0.2, 0.25) is 0 Å². The van der Waals surface area contributed by atoms with Crippen LogP contribution in [-0.4, -0.2) is 28.7 Å². The van der Waals surface area contributed by atoms with Crippen molar-refractivity contribution in [3.63, 3.8) is 0 Å². The maximum Gasteiger partial charge on any atom is 0.341 e. The molecule has 0 aliphatic heterocycles. The number of hydrogen-bond donors (Lipinski definition) is 1. The molecule has 0 saturated heterocycles. The molecule has 5 nitrogen and oxygen atoms in total. The van der Waals surface area contributed by atoms with Gasteiger partial charge in [-0.15, -0.1) is 0 Å². The number of rotatable bonds is 5. The van der Waals surface area contributed by atoms with Crippen LogP contribution in [0.5, 0.6) is 0 Å². The highest BCUT2D eigenvalue weighted by molar-refractivity contribution is 5.94. The summed E-state index contributed by atoms with van der Waals surface area (Å²) in [4.78, 5) is 25.5. The predicted octanol–water partition coefficient (Wildman–Crippen LogP) is 3.95. The number of anilines is 1. The van der Waals surface area contributed by atoms with Gasteiger partial charge in [-0.3, -0.25) is 4.79 Å². The summed E-state index contributed by atoms with van der Waals surface area (Å²) in [6.07, 6.45) is 0.966. The van der Waals surface area contributed by atoms with Crippen molar-refractivity contribution >= 4 is 22.6 Å². The standard InChI is InChI=1S/C20H17F3N2O3/c1-3-24(4-2)18-15(22)9-13-17(16(18)23)25(10-14(19(13)26)20(27)28)12-7-5-11(21)6-8-12/h5-10H,3-4H2,1-2H3,(H,27,28). The molecule has 0 aliphatic rings. The molecule has 3 aromatic rings. The molecule has 0 saturated carbocycles. The molecular weight excluding hydrogens is 373 g/mol. The van der Waals surface area contributed by atoms with Crippen LogP contribution in [0, 0.1) is 17.5 Å². The highest BCUT2D eigenvalue weighted by Crippen LogP contribution is 2.31. The Kier molecular flexibility index (Phi) is 5.13. The van der Waals surface area contributed by atoms with E-state index in [1.165, 1.54) is 17.0 Å². The fourth-order valence-electron chi connectivity index (χ4n) is 3.19. The Hall–Kier alpha value is -3.29. The van der Waals surface area contributed by atoms with Crippen LogP contribution >= 0.6 is 0 Å². The second kappa shape index (κ2) is 7.38. The fraction of sp³-hybridized carbons (Fsp3) is 0.200. The van der Waals surface area contributed by atoms with E-state index in [9.17, 15) is 23.5 Å². The molecule has 8 heteroatoms. The van der Waals surface area contributed by atoms with Gasteiger partial charge in [0, 0.05) is 25.0 Å². The monoisotopic (exact) mass is 390 g/mol. The zero-order chi connectivity index (χ0) is 20.6. The summed E-state index contributed by atoms with van der Waals surface area (Å²) < 4.78 is 44.5. The van der Waals surface area contributed by atoms with Crippen molar-refractivity contribution in [1.82, 2.24) is 4.57 Å². The van der Waals surface area contributed by atoms with Crippen LogP contribution in [0.1, 0.15) is 24.2 Å². The van der Waals surface area contributed by atoms with E-state index in [4.69, 9.17) is 0 Å². The molecule has 146 valence electrons. The van der Waals surface area contributed by atoms with Crippen LogP contribution in [0.3, 0.4) is 0 Å². The molecular formula is C20H17F3N2O3. The average molecular weight is 390 g/mol. The number of fused-ring (bicyclic) bond motifs is 1. The van der Waals surface area contributed by atoms with Gasteiger partial charge in [0.25, 0.3) is 0 Å². The average Bonchev–Trinajstić information content (AvgIpc) is 2.66. The smallest absolute Gasteiger partial charge is 0.341 e. The molecule has 0 amide bonds. The summed E-state index contributed by atoms with van der Waals surface area (Å²) in [5.41, 5.74) is -2.00. The van der Waals surface area contributed by atoms with Gasteiger partial charge in [-0.25, -0.2) is 18.0 Å². The summed E-state index contributed by atoms with van der Waals surface area (Å²) in [6, 6.07) is 5.70. The zero-order valence-electron chi connectivity index (χ0n) is 15.2.